The zero-order valence-electron chi connectivity index (χ0n) is 17.0. The Balaban J connectivity index is 1.74. The summed E-state index contributed by atoms with van der Waals surface area (Å²) >= 11 is 0. The number of rotatable bonds is 7. The van der Waals surface area contributed by atoms with Gasteiger partial charge in [-0.25, -0.2) is 4.98 Å². The highest BCUT2D eigenvalue weighted by molar-refractivity contribution is 5.89. The van der Waals surface area contributed by atoms with Crippen molar-refractivity contribution in [1.82, 2.24) is 9.97 Å². The summed E-state index contributed by atoms with van der Waals surface area (Å²) in [6.45, 7) is 7.37. The van der Waals surface area contributed by atoms with E-state index in [-0.39, 0.29) is 12.0 Å². The molecule has 0 radical (unpaired) electrons. The molecule has 2 aromatic carbocycles. The predicted molar refractivity (Wildman–Crippen MR) is 116 cm³/mol. The summed E-state index contributed by atoms with van der Waals surface area (Å²) < 4.78 is 5.66. The number of carbonyl (C=O) groups excluding carboxylic acids is 1. The van der Waals surface area contributed by atoms with Crippen molar-refractivity contribution in [2.24, 2.45) is 0 Å². The maximum Gasteiger partial charge on any atom is 0.229 e. The van der Waals surface area contributed by atoms with Gasteiger partial charge in [0.25, 0.3) is 0 Å². The number of nitrogens with zero attached hydrogens (tertiary/aromatic N) is 2. The third kappa shape index (κ3) is 6.21. The Morgan fingerprint density at radius 3 is 2.34 bits per heavy atom. The van der Waals surface area contributed by atoms with Gasteiger partial charge in [0.1, 0.15) is 11.6 Å². The average Bonchev–Trinajstić information content (AvgIpc) is 2.62. The van der Waals surface area contributed by atoms with Gasteiger partial charge in [-0.2, -0.15) is 4.98 Å². The van der Waals surface area contributed by atoms with Crippen LogP contribution < -0.4 is 20.7 Å². The van der Waals surface area contributed by atoms with E-state index in [1.807, 2.05) is 75.4 Å². The molecule has 1 amide bonds. The minimum absolute atomic E-state index is 0.115. The summed E-state index contributed by atoms with van der Waals surface area (Å²) in [5.41, 5.74) is 3.22. The minimum Gasteiger partial charge on any atom is -0.491 e. The Kier molecular flexibility index (Phi) is 6.29. The fourth-order valence-corrected chi connectivity index (χ4v) is 2.73. The molecule has 0 fully saturated rings. The van der Waals surface area contributed by atoms with Crippen LogP contribution in [0.15, 0.2) is 54.6 Å². The molecule has 0 spiro atoms. The number of aromatic nitrogens is 2. The number of carbonyl (C=O) groups is 1. The lowest BCUT2D eigenvalue weighted by Gasteiger charge is -2.12. The first kappa shape index (κ1) is 20.1. The molecule has 7 nitrogen and oxygen atoms in total. The quantitative estimate of drug-likeness (QED) is 0.524. The summed E-state index contributed by atoms with van der Waals surface area (Å²) in [5.74, 6) is 1.84. The summed E-state index contributed by atoms with van der Waals surface area (Å²) in [6, 6.07) is 17.0. The number of hydrogen-bond donors (Lipinski definition) is 3. The molecule has 1 heterocycles. The highest BCUT2D eigenvalue weighted by Crippen LogP contribution is 2.23. The second-order valence-electron chi connectivity index (χ2n) is 6.92. The first-order valence-electron chi connectivity index (χ1n) is 9.41. The van der Waals surface area contributed by atoms with Gasteiger partial charge >= 0.3 is 0 Å². The number of amides is 1. The van der Waals surface area contributed by atoms with Gasteiger partial charge in [-0.3, -0.25) is 4.79 Å². The van der Waals surface area contributed by atoms with Gasteiger partial charge in [0.2, 0.25) is 11.9 Å². The highest BCUT2D eigenvalue weighted by atomic mass is 16.5. The maximum atomic E-state index is 11.3. The van der Waals surface area contributed by atoms with Gasteiger partial charge in [-0.05, 0) is 63.2 Å². The van der Waals surface area contributed by atoms with E-state index in [1.165, 1.54) is 6.92 Å². The van der Waals surface area contributed by atoms with Crippen LogP contribution in [0.3, 0.4) is 0 Å². The first-order valence-corrected chi connectivity index (χ1v) is 9.41. The summed E-state index contributed by atoms with van der Waals surface area (Å²) in [5, 5.41) is 9.24. The Labute approximate surface area is 170 Å². The number of ether oxygens (including phenoxy) is 1. The molecular formula is C22H25N5O2. The van der Waals surface area contributed by atoms with E-state index in [2.05, 4.69) is 25.9 Å². The Morgan fingerprint density at radius 2 is 1.66 bits per heavy atom. The molecule has 3 aromatic rings. The SMILES string of the molecule is CC(=O)Nc1cccc(Nc2cc(C)nc(Nc3ccc(OC(C)C)cc3)n2)c1. The van der Waals surface area contributed by atoms with Crippen LogP contribution in [0.4, 0.5) is 28.8 Å². The predicted octanol–water partition coefficient (Wildman–Crippen LogP) is 5.02. The molecule has 0 bridgehead atoms. The topological polar surface area (TPSA) is 88.2 Å². The zero-order valence-corrected chi connectivity index (χ0v) is 17.0. The smallest absolute Gasteiger partial charge is 0.229 e. The van der Waals surface area contributed by atoms with Crippen LogP contribution >= 0.6 is 0 Å². The molecule has 0 aliphatic carbocycles. The average molecular weight is 391 g/mol. The minimum atomic E-state index is -0.115. The van der Waals surface area contributed by atoms with Crippen LogP contribution in [0.25, 0.3) is 0 Å². The van der Waals surface area contributed by atoms with Crippen molar-refractivity contribution in [2.75, 3.05) is 16.0 Å². The molecule has 0 saturated carbocycles. The lowest BCUT2D eigenvalue weighted by Crippen LogP contribution is -2.06. The van der Waals surface area contributed by atoms with Crippen molar-refractivity contribution in [2.45, 2.75) is 33.8 Å². The summed E-state index contributed by atoms with van der Waals surface area (Å²) in [4.78, 5) is 20.2. The molecule has 0 aliphatic rings. The lowest BCUT2D eigenvalue weighted by atomic mass is 10.2. The van der Waals surface area contributed by atoms with Crippen LogP contribution in [-0.2, 0) is 4.79 Å². The van der Waals surface area contributed by atoms with Crippen molar-refractivity contribution in [3.8, 4) is 5.75 Å². The summed E-state index contributed by atoms with van der Waals surface area (Å²) in [6.07, 6.45) is 0.131. The van der Waals surface area contributed by atoms with Gasteiger partial charge in [0.15, 0.2) is 0 Å². The zero-order chi connectivity index (χ0) is 20.8. The number of aryl methyl sites for hydroxylation is 1. The third-order valence-electron chi connectivity index (χ3n) is 3.79. The van der Waals surface area contributed by atoms with Crippen molar-refractivity contribution in [3.05, 3.63) is 60.3 Å². The monoisotopic (exact) mass is 391 g/mol. The van der Waals surface area contributed by atoms with Crippen LogP contribution in [0, 0.1) is 6.92 Å². The number of benzene rings is 2. The van der Waals surface area contributed by atoms with Crippen LogP contribution in [0.1, 0.15) is 26.5 Å². The van der Waals surface area contributed by atoms with Crippen molar-refractivity contribution in [3.63, 3.8) is 0 Å². The van der Waals surface area contributed by atoms with E-state index in [9.17, 15) is 4.79 Å². The van der Waals surface area contributed by atoms with E-state index in [0.717, 1.165) is 28.5 Å². The van der Waals surface area contributed by atoms with Crippen molar-refractivity contribution < 1.29 is 9.53 Å². The Bertz CT molecular complexity index is 987. The van der Waals surface area contributed by atoms with Crippen molar-refractivity contribution >= 4 is 34.7 Å². The molecule has 29 heavy (non-hydrogen) atoms. The third-order valence-corrected chi connectivity index (χ3v) is 3.79. The molecule has 3 N–H and O–H groups in total. The van der Waals surface area contributed by atoms with E-state index >= 15 is 0 Å². The first-order chi connectivity index (χ1) is 13.9. The van der Waals surface area contributed by atoms with Crippen LogP contribution in [0.2, 0.25) is 0 Å². The second-order valence-corrected chi connectivity index (χ2v) is 6.92. The standard InChI is InChI=1S/C22H25N5O2/c1-14(2)29-20-10-8-17(9-11-20)26-22-23-15(3)12-21(27-22)25-19-7-5-6-18(13-19)24-16(4)28/h5-14H,1-4H3,(H,24,28)(H2,23,25,26,27). The fourth-order valence-electron chi connectivity index (χ4n) is 2.73. The van der Waals surface area contributed by atoms with Gasteiger partial charge in [-0.15, -0.1) is 0 Å². The van der Waals surface area contributed by atoms with Gasteiger partial charge < -0.3 is 20.7 Å². The molecule has 0 aliphatic heterocycles. The Hall–Kier alpha value is -3.61. The number of anilines is 5. The molecule has 0 saturated heterocycles. The molecular weight excluding hydrogens is 366 g/mol. The second kappa shape index (κ2) is 9.05. The number of hydrogen-bond acceptors (Lipinski definition) is 6. The molecule has 0 atom stereocenters. The largest absolute Gasteiger partial charge is 0.491 e. The molecule has 150 valence electrons. The lowest BCUT2D eigenvalue weighted by molar-refractivity contribution is -0.114. The fraction of sp³-hybridized carbons (Fsp3) is 0.227. The Morgan fingerprint density at radius 1 is 0.931 bits per heavy atom. The highest BCUT2D eigenvalue weighted by Gasteiger charge is 2.05. The number of nitrogens with one attached hydrogen (secondary N) is 3. The van der Waals surface area contributed by atoms with Gasteiger partial charge in [-0.1, -0.05) is 6.07 Å². The molecule has 1 aromatic heterocycles. The van der Waals surface area contributed by atoms with Gasteiger partial charge in [0, 0.05) is 35.7 Å². The molecule has 3 rings (SSSR count). The van der Waals surface area contributed by atoms with Crippen LogP contribution in [-0.4, -0.2) is 22.0 Å². The van der Waals surface area contributed by atoms with Crippen LogP contribution in [0.5, 0.6) is 5.75 Å². The van der Waals surface area contributed by atoms with E-state index in [4.69, 9.17) is 4.74 Å². The van der Waals surface area contributed by atoms with E-state index in [0.29, 0.717) is 11.8 Å². The molecule has 7 heteroatoms. The van der Waals surface area contributed by atoms with Gasteiger partial charge in [0.05, 0.1) is 6.10 Å². The maximum absolute atomic E-state index is 11.3. The van der Waals surface area contributed by atoms with Crippen molar-refractivity contribution in [1.29, 1.82) is 0 Å². The summed E-state index contributed by atoms with van der Waals surface area (Å²) in [7, 11) is 0. The van der Waals surface area contributed by atoms with E-state index < -0.39 is 0 Å². The normalized spacial score (nSPS) is 10.5. The van der Waals surface area contributed by atoms with E-state index in [1.54, 1.807) is 0 Å². The molecule has 0 unspecified atom stereocenters.